The Morgan fingerprint density at radius 2 is 2.50 bits per heavy atom. The number of aliphatic hydroxyl groups excluding tert-OH is 1. The maximum absolute atomic E-state index is 9.85. The molecule has 0 saturated carbocycles. The van der Waals surface area contributed by atoms with Gasteiger partial charge in [0.25, 0.3) is 0 Å². The summed E-state index contributed by atoms with van der Waals surface area (Å²) < 4.78 is 0. The fraction of sp³-hybridized carbons (Fsp3) is 0.750. The second-order valence-electron chi connectivity index (χ2n) is 1.53. The molecule has 0 amide bonds. The van der Waals surface area contributed by atoms with Gasteiger partial charge in [0, 0.05) is 6.02 Å². The zero-order valence-corrected chi connectivity index (χ0v) is 4.66. The fourth-order valence-electron chi connectivity index (χ4n) is 0.222. The molecular weight excluding hydrogens is 108 g/mol. The third-order valence-electron chi connectivity index (χ3n) is 0.511. The van der Waals surface area contributed by atoms with E-state index in [-0.39, 0.29) is 6.54 Å². The molecule has 0 rings (SSSR count). The van der Waals surface area contributed by atoms with Gasteiger partial charge in [-0.3, -0.25) is 4.99 Å². The van der Waals surface area contributed by atoms with Crippen molar-refractivity contribution in [3.05, 3.63) is 0 Å². The molecule has 0 aromatic heterocycles. The Hall–Kier alpha value is -0.770. The molecule has 1 atom stereocenters. The topological polar surface area (TPSA) is 81.7 Å². The fourth-order valence-corrected chi connectivity index (χ4v) is 0.222. The van der Waals surface area contributed by atoms with Gasteiger partial charge in [-0.25, -0.2) is 0 Å². The molecule has 0 bridgehead atoms. The number of amidine groups is 1. The highest BCUT2D eigenvalue weighted by atomic mass is 16.3. The van der Waals surface area contributed by atoms with Crippen molar-refractivity contribution in [2.75, 3.05) is 6.54 Å². The summed E-state index contributed by atoms with van der Waals surface area (Å²) in [7, 11) is 0. The Morgan fingerprint density at radius 3 is 2.62 bits per heavy atom. The maximum atomic E-state index is 9.85. The van der Waals surface area contributed by atoms with Crippen LogP contribution in [0.4, 0.5) is 0 Å². The average molecular weight is 117 g/mol. The first-order valence-corrected chi connectivity index (χ1v) is 2.28. The summed E-state index contributed by atoms with van der Waals surface area (Å²) in [6.07, 6.45) is -0.581. The summed E-state index contributed by atoms with van der Waals surface area (Å²) in [6, 6.07) is -0.731. The third-order valence-corrected chi connectivity index (χ3v) is 0.511. The summed E-state index contributed by atoms with van der Waals surface area (Å²) in [4.78, 5) is 3.21. The molecule has 4 heteroatoms. The van der Waals surface area contributed by atoms with Gasteiger partial charge >= 0.3 is 0 Å². The summed E-state index contributed by atoms with van der Waals surface area (Å²) in [5.74, 6) is 0. The van der Waals surface area contributed by atoms with Gasteiger partial charge in [-0.15, -0.1) is 0 Å². The first-order chi connectivity index (χ1) is 3.63. The van der Waals surface area contributed by atoms with Gasteiger partial charge in [0.05, 0.1) is 12.6 Å². The standard InChI is InChI=1S/C4H10N2O2/c1-3(7)2-6-4(5)8/h3,7H,2H2,1H3,(H3,5,6,8)/p-1. The minimum absolute atomic E-state index is 0.0926. The van der Waals surface area contributed by atoms with Gasteiger partial charge in [0.15, 0.2) is 0 Å². The molecule has 8 heavy (non-hydrogen) atoms. The van der Waals surface area contributed by atoms with Crippen LogP contribution in [0.15, 0.2) is 4.99 Å². The highest BCUT2D eigenvalue weighted by Crippen LogP contribution is 1.77. The molecule has 0 aromatic rings. The predicted molar refractivity (Wildman–Crippen MR) is 28.2 cm³/mol. The molecule has 3 N–H and O–H groups in total. The Kier molecular flexibility index (Phi) is 2.95. The van der Waals surface area contributed by atoms with Gasteiger partial charge in [-0.05, 0) is 6.92 Å². The first kappa shape index (κ1) is 7.23. The molecule has 0 aliphatic carbocycles. The normalized spacial score (nSPS) is 16.0. The van der Waals surface area contributed by atoms with Crippen LogP contribution in [-0.4, -0.2) is 23.8 Å². The predicted octanol–water partition coefficient (Wildman–Crippen LogP) is -1.96. The van der Waals surface area contributed by atoms with Crippen molar-refractivity contribution in [1.29, 1.82) is 0 Å². The molecule has 0 saturated heterocycles. The molecule has 0 radical (unpaired) electrons. The molecule has 0 fully saturated rings. The summed E-state index contributed by atoms with van der Waals surface area (Å²) >= 11 is 0. The van der Waals surface area contributed by atoms with Crippen LogP contribution in [0.2, 0.25) is 0 Å². The van der Waals surface area contributed by atoms with E-state index in [1.54, 1.807) is 0 Å². The number of nitrogens with zero attached hydrogens (tertiary/aromatic N) is 1. The highest BCUT2D eigenvalue weighted by molar-refractivity contribution is 5.66. The van der Waals surface area contributed by atoms with Crippen molar-refractivity contribution in [3.8, 4) is 0 Å². The Balaban J connectivity index is 3.29. The van der Waals surface area contributed by atoms with Gasteiger partial charge in [0.1, 0.15) is 0 Å². The van der Waals surface area contributed by atoms with E-state index < -0.39 is 12.1 Å². The van der Waals surface area contributed by atoms with E-state index in [1.807, 2.05) is 0 Å². The lowest BCUT2D eigenvalue weighted by molar-refractivity contribution is -0.217. The number of rotatable bonds is 2. The van der Waals surface area contributed by atoms with Crippen molar-refractivity contribution in [2.24, 2.45) is 10.7 Å². The van der Waals surface area contributed by atoms with Crippen LogP contribution >= 0.6 is 0 Å². The van der Waals surface area contributed by atoms with Crippen LogP contribution in [0, 0.1) is 0 Å². The second-order valence-corrected chi connectivity index (χ2v) is 1.53. The van der Waals surface area contributed by atoms with Crippen LogP contribution in [0.5, 0.6) is 0 Å². The highest BCUT2D eigenvalue weighted by Gasteiger charge is 1.87. The Labute approximate surface area is 47.7 Å². The van der Waals surface area contributed by atoms with Crippen LogP contribution in [0.25, 0.3) is 0 Å². The van der Waals surface area contributed by atoms with Crippen molar-refractivity contribution in [2.45, 2.75) is 13.0 Å². The van der Waals surface area contributed by atoms with E-state index in [0.29, 0.717) is 0 Å². The molecule has 0 heterocycles. The minimum Gasteiger partial charge on any atom is -0.847 e. The van der Waals surface area contributed by atoms with E-state index >= 15 is 0 Å². The number of aliphatic hydroxyl groups is 1. The Morgan fingerprint density at radius 1 is 2.00 bits per heavy atom. The van der Waals surface area contributed by atoms with E-state index in [4.69, 9.17) is 5.11 Å². The van der Waals surface area contributed by atoms with Gasteiger partial charge in [-0.2, -0.15) is 0 Å². The molecule has 0 aliphatic rings. The number of hydrogen-bond donors (Lipinski definition) is 2. The smallest absolute Gasteiger partial charge is 0.0707 e. The van der Waals surface area contributed by atoms with Crippen LogP contribution in [-0.2, 0) is 0 Å². The molecule has 0 aliphatic heterocycles. The van der Waals surface area contributed by atoms with Gasteiger partial charge in [0.2, 0.25) is 0 Å². The lowest BCUT2D eigenvalue weighted by Crippen LogP contribution is -2.28. The number of nitrogens with two attached hydrogens (primary N) is 1. The second kappa shape index (κ2) is 3.26. The molecule has 0 aromatic carbocycles. The Bertz CT molecular complexity index is 86.0. The molecule has 4 nitrogen and oxygen atoms in total. The average Bonchev–Trinajstić information content (AvgIpc) is 1.61. The monoisotopic (exact) mass is 117 g/mol. The number of aliphatic imine (C=N–C) groups is 1. The summed E-state index contributed by atoms with van der Waals surface area (Å²) in [6.45, 7) is 1.63. The van der Waals surface area contributed by atoms with Crippen molar-refractivity contribution in [1.82, 2.24) is 0 Å². The van der Waals surface area contributed by atoms with Crippen molar-refractivity contribution >= 4 is 6.02 Å². The van der Waals surface area contributed by atoms with Crippen LogP contribution in [0.3, 0.4) is 0 Å². The lowest BCUT2D eigenvalue weighted by atomic mass is 10.4. The van der Waals surface area contributed by atoms with Gasteiger partial charge in [-0.1, -0.05) is 0 Å². The summed E-state index contributed by atoms with van der Waals surface area (Å²) in [5, 5.41) is 18.3. The van der Waals surface area contributed by atoms with E-state index in [1.165, 1.54) is 6.92 Å². The van der Waals surface area contributed by atoms with Gasteiger partial charge < -0.3 is 15.9 Å². The molecule has 1 unspecified atom stereocenters. The van der Waals surface area contributed by atoms with E-state index in [0.717, 1.165) is 0 Å². The minimum atomic E-state index is -0.731. The molecule has 0 spiro atoms. The maximum Gasteiger partial charge on any atom is 0.0707 e. The molecular formula is C4H9N2O2-. The molecule has 48 valence electrons. The van der Waals surface area contributed by atoms with Crippen LogP contribution in [0.1, 0.15) is 6.92 Å². The SMILES string of the molecule is CC(O)CN=C(N)[O-]. The summed E-state index contributed by atoms with van der Waals surface area (Å²) in [5.41, 5.74) is 4.62. The van der Waals surface area contributed by atoms with Crippen molar-refractivity contribution in [3.63, 3.8) is 0 Å². The van der Waals surface area contributed by atoms with Crippen LogP contribution < -0.4 is 10.8 Å². The number of hydrogen-bond acceptors (Lipinski definition) is 3. The third kappa shape index (κ3) is 5.23. The van der Waals surface area contributed by atoms with E-state index in [2.05, 4.69) is 10.7 Å². The lowest BCUT2D eigenvalue weighted by Gasteiger charge is -2.03. The quantitative estimate of drug-likeness (QED) is 0.325. The zero-order valence-electron chi connectivity index (χ0n) is 4.66. The van der Waals surface area contributed by atoms with E-state index in [9.17, 15) is 5.11 Å². The largest absolute Gasteiger partial charge is 0.847 e. The van der Waals surface area contributed by atoms with Crippen molar-refractivity contribution < 1.29 is 10.2 Å². The first-order valence-electron chi connectivity index (χ1n) is 2.28. The zero-order chi connectivity index (χ0) is 6.57.